The van der Waals surface area contributed by atoms with Crippen molar-refractivity contribution in [3.8, 4) is 0 Å². The Labute approximate surface area is 224 Å². The first kappa shape index (κ1) is 24.1. The summed E-state index contributed by atoms with van der Waals surface area (Å²) in [4.78, 5) is 37.0. The lowest BCUT2D eigenvalue weighted by atomic mass is 9.70. The van der Waals surface area contributed by atoms with Gasteiger partial charge in [-0.25, -0.2) is 10.2 Å². The number of aromatic nitrogens is 3. The third-order valence-corrected chi connectivity index (χ3v) is 8.77. The van der Waals surface area contributed by atoms with E-state index < -0.39 is 11.1 Å². The van der Waals surface area contributed by atoms with Crippen LogP contribution in [0, 0.1) is 17.0 Å². The van der Waals surface area contributed by atoms with E-state index >= 15 is 0 Å². The molecule has 10 nitrogen and oxygen atoms in total. The molecule has 0 spiro atoms. The van der Waals surface area contributed by atoms with E-state index in [1.807, 2.05) is 54.0 Å². The Morgan fingerprint density at radius 3 is 2.85 bits per heavy atom. The predicted molar refractivity (Wildman–Crippen MR) is 145 cm³/mol. The lowest BCUT2D eigenvalue weighted by molar-refractivity contribution is -0.991. The quantitative estimate of drug-likeness (QED) is 0.302. The number of benzene rings is 2. The van der Waals surface area contributed by atoms with Gasteiger partial charge in [0.2, 0.25) is 5.91 Å². The number of pyridine rings is 1. The fraction of sp³-hybridized carbons (Fsp3) is 0.345. The zero-order chi connectivity index (χ0) is 26.8. The number of piperidine rings is 1. The number of fused-ring (bicyclic) bond motifs is 9. The third kappa shape index (κ3) is 3.94. The summed E-state index contributed by atoms with van der Waals surface area (Å²) in [5.74, 6) is 0.472. The van der Waals surface area contributed by atoms with Crippen molar-refractivity contribution in [2.24, 2.45) is 11.8 Å². The molecule has 10 heteroatoms. The van der Waals surface area contributed by atoms with Crippen molar-refractivity contribution in [1.29, 1.82) is 0 Å². The monoisotopic (exact) mass is 526 g/mol. The van der Waals surface area contributed by atoms with Gasteiger partial charge in [0.15, 0.2) is 5.69 Å². The molecule has 200 valence electrons. The summed E-state index contributed by atoms with van der Waals surface area (Å²) in [7, 11) is 0. The van der Waals surface area contributed by atoms with Crippen LogP contribution in [0.2, 0.25) is 0 Å². The van der Waals surface area contributed by atoms with Crippen LogP contribution in [-0.2, 0) is 17.8 Å². The summed E-state index contributed by atoms with van der Waals surface area (Å²) >= 11 is 0. The van der Waals surface area contributed by atoms with Crippen molar-refractivity contribution < 1.29 is 15.2 Å². The van der Waals surface area contributed by atoms with Crippen molar-refractivity contribution in [2.45, 2.75) is 44.3 Å². The zero-order valence-electron chi connectivity index (χ0n) is 21.5. The second-order valence-electron chi connectivity index (χ2n) is 11.1. The van der Waals surface area contributed by atoms with Crippen LogP contribution in [-0.4, -0.2) is 38.2 Å². The number of quaternary nitrogens is 1. The second-order valence-corrected chi connectivity index (χ2v) is 11.1. The molecular weight excluding hydrogens is 496 g/mol. The molecule has 3 aliphatic rings. The maximum atomic E-state index is 14.0. The molecule has 7 rings (SSSR count). The minimum Gasteiger partial charge on any atom is -0.595 e. The maximum absolute atomic E-state index is 14.0. The molecule has 4 aromatic rings. The maximum Gasteiger partial charge on any atom is 0.250 e. The Balaban J connectivity index is 1.25. The molecule has 4 N–H and O–H groups in total. The first-order chi connectivity index (χ1) is 18.9. The minimum absolute atomic E-state index is 0.00234. The summed E-state index contributed by atoms with van der Waals surface area (Å²) < 4.78 is 1.88. The number of H-pyrrole nitrogens is 1. The van der Waals surface area contributed by atoms with E-state index in [2.05, 4.69) is 20.2 Å². The van der Waals surface area contributed by atoms with Crippen LogP contribution >= 0.6 is 0 Å². The van der Waals surface area contributed by atoms with E-state index in [9.17, 15) is 20.0 Å². The van der Waals surface area contributed by atoms with E-state index in [0.29, 0.717) is 25.3 Å². The van der Waals surface area contributed by atoms with E-state index in [1.165, 1.54) is 0 Å². The summed E-state index contributed by atoms with van der Waals surface area (Å²) in [6.07, 6.45) is 1.35. The number of imidazole rings is 1. The molecule has 0 radical (unpaired) electrons. The van der Waals surface area contributed by atoms with Crippen molar-refractivity contribution in [1.82, 2.24) is 19.9 Å². The largest absolute Gasteiger partial charge is 0.595 e. The van der Waals surface area contributed by atoms with Crippen LogP contribution in [0.5, 0.6) is 0 Å². The van der Waals surface area contributed by atoms with Gasteiger partial charge >= 0.3 is 0 Å². The topological polar surface area (TPSA) is 131 Å². The number of carbonyl (C=O) groups excluding carboxylic acids is 1. The first-order valence-electron chi connectivity index (χ1n) is 13.4. The molecule has 1 fully saturated rings. The van der Waals surface area contributed by atoms with Gasteiger partial charge < -0.3 is 25.0 Å². The average molecular weight is 527 g/mol. The number of hydrogen-bond acceptors (Lipinski definition) is 6. The summed E-state index contributed by atoms with van der Waals surface area (Å²) in [6.45, 7) is 3.16. The highest BCUT2D eigenvalue weighted by molar-refractivity contribution is 5.83. The molecule has 2 aromatic heterocycles. The number of nitrogens with one attached hydrogen (secondary N) is 3. The van der Waals surface area contributed by atoms with Crippen LogP contribution in [0.3, 0.4) is 0 Å². The van der Waals surface area contributed by atoms with E-state index in [1.54, 1.807) is 18.2 Å². The molecule has 5 heterocycles. The highest BCUT2D eigenvalue weighted by atomic mass is 16.8. The molecule has 3 aliphatic heterocycles. The molecule has 2 aromatic carbocycles. The molecule has 6 atom stereocenters. The van der Waals surface area contributed by atoms with Gasteiger partial charge in [0.1, 0.15) is 5.82 Å². The molecule has 39 heavy (non-hydrogen) atoms. The Hall–Kier alpha value is -3.99. The van der Waals surface area contributed by atoms with Gasteiger partial charge in [0, 0.05) is 54.6 Å². The number of rotatable bonds is 4. The van der Waals surface area contributed by atoms with Crippen LogP contribution < -0.4 is 21.0 Å². The normalized spacial score (nSPS) is 24.8. The van der Waals surface area contributed by atoms with Crippen molar-refractivity contribution in [2.75, 3.05) is 11.4 Å². The van der Waals surface area contributed by atoms with Gasteiger partial charge in [-0.05, 0) is 55.5 Å². The number of hydrogen-bond donors (Lipinski definition) is 4. The lowest BCUT2D eigenvalue weighted by Crippen LogP contribution is -2.99. The van der Waals surface area contributed by atoms with Crippen LogP contribution in [0.25, 0.3) is 11.0 Å². The smallest absolute Gasteiger partial charge is 0.250 e. The second kappa shape index (κ2) is 9.04. The predicted octanol–water partition coefficient (Wildman–Crippen LogP) is 2.17. The molecule has 1 saturated heterocycles. The minimum atomic E-state index is -0.983. The number of para-hydroxylation sites is 2. The average Bonchev–Trinajstić information content (AvgIpc) is 3.37. The Kier molecular flexibility index (Phi) is 5.58. The highest BCUT2D eigenvalue weighted by Gasteiger charge is 2.49. The number of carbonyl (C=O) groups is 1. The van der Waals surface area contributed by atoms with Crippen molar-refractivity contribution >= 4 is 28.3 Å². The molecule has 6 unspecified atom stereocenters. The summed E-state index contributed by atoms with van der Waals surface area (Å²) in [5, 5.41) is 23.6. The fourth-order valence-corrected chi connectivity index (χ4v) is 7.05. The Morgan fingerprint density at radius 1 is 1.18 bits per heavy atom. The van der Waals surface area contributed by atoms with E-state index in [0.717, 1.165) is 34.4 Å². The van der Waals surface area contributed by atoms with Gasteiger partial charge in [0.05, 0.1) is 23.0 Å². The van der Waals surface area contributed by atoms with Crippen LogP contribution in [0.4, 0.5) is 11.4 Å². The molecule has 0 saturated carbocycles. The summed E-state index contributed by atoms with van der Waals surface area (Å²) in [5.41, 5.74) is 4.86. The number of nitrogens with zero attached hydrogens (tertiary/aromatic N) is 3. The van der Waals surface area contributed by atoms with Crippen LogP contribution in [0.1, 0.15) is 42.4 Å². The van der Waals surface area contributed by atoms with Crippen molar-refractivity contribution in [3.05, 3.63) is 93.3 Å². The van der Waals surface area contributed by atoms with Gasteiger partial charge in [0.25, 0.3) is 5.56 Å². The molecule has 2 bridgehead atoms. The fourth-order valence-electron chi connectivity index (χ4n) is 7.05. The Bertz CT molecular complexity index is 1610. The van der Waals surface area contributed by atoms with Gasteiger partial charge in [-0.1, -0.05) is 18.2 Å². The standard InChI is InChI=1S/C29H30N6O4/c1-16(28-31-22-5-2-3-6-23(22)32-28)30-29(37)21-13-17-12-20(35(38)39)9-10-25(17)34-14-18-11-19(27(21)34)15-33-24(18)7-4-8-26(33)36/h2-10,12,16,18-19,21,27,35,38H,11,13-15H2,1H3,(H,30,37)(H,31,32). The SMILES string of the molecule is CC(NC(=O)C1Cc2cc([NH+]([O-])O)ccc2N2CC3CC(Cn4c3cccc4=O)C12)c1nc2ccccc2[nH]1. The lowest BCUT2D eigenvalue weighted by Gasteiger charge is -2.54. The zero-order valence-corrected chi connectivity index (χ0v) is 21.5. The summed E-state index contributed by atoms with van der Waals surface area (Å²) in [6, 6.07) is 18.0. The Morgan fingerprint density at radius 2 is 2.03 bits per heavy atom. The molecule has 1 amide bonds. The van der Waals surface area contributed by atoms with E-state index in [-0.39, 0.29) is 41.1 Å². The number of aromatic amines is 1. The van der Waals surface area contributed by atoms with Crippen molar-refractivity contribution in [3.63, 3.8) is 0 Å². The van der Waals surface area contributed by atoms with Gasteiger partial charge in [-0.15, -0.1) is 0 Å². The van der Waals surface area contributed by atoms with Gasteiger partial charge in [-0.2, -0.15) is 5.23 Å². The first-order valence-corrected chi connectivity index (χ1v) is 13.4. The molecular formula is C29H30N6O4. The highest BCUT2D eigenvalue weighted by Crippen LogP contribution is 2.47. The molecule has 0 aliphatic carbocycles. The third-order valence-electron chi connectivity index (χ3n) is 8.77. The number of anilines is 1. The number of amides is 1. The van der Waals surface area contributed by atoms with Gasteiger partial charge in [-0.3, -0.25) is 9.59 Å². The van der Waals surface area contributed by atoms with Crippen LogP contribution in [0.15, 0.2) is 65.5 Å². The van der Waals surface area contributed by atoms with E-state index in [4.69, 9.17) is 0 Å².